The summed E-state index contributed by atoms with van der Waals surface area (Å²) < 4.78 is 5.37. The van der Waals surface area contributed by atoms with E-state index in [0.29, 0.717) is 18.3 Å². The van der Waals surface area contributed by atoms with Gasteiger partial charge in [0, 0.05) is 6.54 Å². The first kappa shape index (κ1) is 12.8. The van der Waals surface area contributed by atoms with Crippen LogP contribution in [0.2, 0.25) is 0 Å². The van der Waals surface area contributed by atoms with Crippen LogP contribution in [0, 0.1) is 5.92 Å². The second-order valence-electron chi connectivity index (χ2n) is 4.19. The maximum Gasteiger partial charge on any atom is 0.237 e. The molecule has 0 aliphatic carbocycles. The predicted molar refractivity (Wildman–Crippen MR) is 74.9 cm³/mol. The van der Waals surface area contributed by atoms with Crippen LogP contribution in [0.5, 0.6) is 5.75 Å². The van der Waals surface area contributed by atoms with Crippen molar-refractivity contribution in [1.29, 1.82) is 0 Å². The zero-order valence-corrected chi connectivity index (χ0v) is 11.3. The van der Waals surface area contributed by atoms with Crippen LogP contribution in [-0.4, -0.2) is 24.2 Å². The van der Waals surface area contributed by atoms with Crippen LogP contribution in [0.25, 0.3) is 0 Å². The van der Waals surface area contributed by atoms with Crippen LogP contribution in [-0.2, 0) is 4.79 Å². The quantitative estimate of drug-likeness (QED) is 0.847. The van der Waals surface area contributed by atoms with Gasteiger partial charge in [0.2, 0.25) is 5.91 Å². The first-order valence-electron chi connectivity index (χ1n) is 5.98. The van der Waals surface area contributed by atoms with Crippen molar-refractivity contribution in [3.8, 4) is 5.75 Å². The van der Waals surface area contributed by atoms with E-state index in [2.05, 4.69) is 5.32 Å². The smallest absolute Gasteiger partial charge is 0.237 e. The molecule has 0 unspecified atom stereocenters. The molecule has 1 atom stereocenters. The number of ether oxygens (including phenoxy) is 1. The summed E-state index contributed by atoms with van der Waals surface area (Å²) >= 11 is 5.19. The number of thiocarbonyl (C=S) groups is 1. The molecule has 0 spiro atoms. The maximum absolute atomic E-state index is 12.1. The van der Waals surface area contributed by atoms with Crippen molar-refractivity contribution < 1.29 is 9.53 Å². The second kappa shape index (κ2) is 5.35. The molecule has 0 radical (unpaired) electrons. The van der Waals surface area contributed by atoms with Gasteiger partial charge < -0.3 is 10.1 Å². The van der Waals surface area contributed by atoms with Gasteiger partial charge in [-0.1, -0.05) is 6.92 Å². The molecule has 18 heavy (non-hydrogen) atoms. The van der Waals surface area contributed by atoms with E-state index in [0.717, 1.165) is 11.4 Å². The molecule has 1 amide bonds. The minimum Gasteiger partial charge on any atom is -0.494 e. The highest BCUT2D eigenvalue weighted by atomic mass is 32.1. The molecule has 96 valence electrons. The van der Waals surface area contributed by atoms with Crippen LogP contribution >= 0.6 is 12.2 Å². The zero-order valence-electron chi connectivity index (χ0n) is 10.5. The molecular weight excluding hydrogens is 248 g/mol. The Morgan fingerprint density at radius 3 is 2.72 bits per heavy atom. The van der Waals surface area contributed by atoms with Crippen molar-refractivity contribution >= 4 is 28.9 Å². The Bertz CT molecular complexity index is 459. The highest BCUT2D eigenvalue weighted by Crippen LogP contribution is 2.23. The van der Waals surface area contributed by atoms with Crippen molar-refractivity contribution in [2.45, 2.75) is 13.8 Å². The lowest BCUT2D eigenvalue weighted by Gasteiger charge is -2.32. The number of rotatable bonds is 3. The molecular formula is C13H16N2O2S. The maximum atomic E-state index is 12.1. The van der Waals surface area contributed by atoms with Crippen molar-refractivity contribution in [2.24, 2.45) is 5.92 Å². The topological polar surface area (TPSA) is 41.6 Å². The van der Waals surface area contributed by atoms with E-state index in [-0.39, 0.29) is 11.8 Å². The summed E-state index contributed by atoms with van der Waals surface area (Å²) in [5.74, 6) is 0.754. The molecule has 1 aliphatic heterocycles. The average Bonchev–Trinajstić information content (AvgIpc) is 2.37. The summed E-state index contributed by atoms with van der Waals surface area (Å²) in [6.07, 6.45) is 0. The molecule has 1 aliphatic rings. The molecule has 0 saturated carbocycles. The van der Waals surface area contributed by atoms with Crippen LogP contribution in [0.1, 0.15) is 13.8 Å². The second-order valence-corrected chi connectivity index (χ2v) is 4.57. The third-order valence-electron chi connectivity index (χ3n) is 2.81. The molecule has 1 fully saturated rings. The lowest BCUT2D eigenvalue weighted by Crippen LogP contribution is -2.54. The first-order valence-corrected chi connectivity index (χ1v) is 6.39. The number of hydrogen-bond donors (Lipinski definition) is 1. The molecule has 2 rings (SSSR count). The van der Waals surface area contributed by atoms with Crippen molar-refractivity contribution in [3.63, 3.8) is 0 Å². The van der Waals surface area contributed by atoms with Crippen LogP contribution in [0.3, 0.4) is 0 Å². The summed E-state index contributed by atoms with van der Waals surface area (Å²) in [5.41, 5.74) is 0.771. The summed E-state index contributed by atoms with van der Waals surface area (Å²) in [6, 6.07) is 7.37. The van der Waals surface area contributed by atoms with E-state index in [1.54, 1.807) is 4.90 Å². The fourth-order valence-electron chi connectivity index (χ4n) is 1.83. The molecule has 1 N–H and O–H groups in total. The first-order chi connectivity index (χ1) is 8.63. The molecule has 1 aromatic carbocycles. The minimum absolute atomic E-state index is 0.0305. The number of amides is 1. The van der Waals surface area contributed by atoms with Gasteiger partial charge >= 0.3 is 0 Å². The lowest BCUT2D eigenvalue weighted by molar-refractivity contribution is -0.121. The van der Waals surface area contributed by atoms with Gasteiger partial charge in [-0.2, -0.15) is 0 Å². The fourth-order valence-corrected chi connectivity index (χ4v) is 2.11. The van der Waals surface area contributed by atoms with E-state index < -0.39 is 0 Å². The van der Waals surface area contributed by atoms with Gasteiger partial charge in [0.05, 0.1) is 18.2 Å². The van der Waals surface area contributed by atoms with E-state index >= 15 is 0 Å². The molecule has 0 aromatic heterocycles. The average molecular weight is 264 g/mol. The van der Waals surface area contributed by atoms with Crippen LogP contribution < -0.4 is 15.0 Å². The minimum atomic E-state index is -0.0664. The predicted octanol–water partition coefficient (Wildman–Crippen LogP) is 1.94. The summed E-state index contributed by atoms with van der Waals surface area (Å²) in [7, 11) is 0. The van der Waals surface area contributed by atoms with E-state index in [1.165, 1.54) is 0 Å². The molecule has 5 heteroatoms. The number of hydrogen-bond acceptors (Lipinski definition) is 3. The van der Waals surface area contributed by atoms with Gasteiger partial charge in [-0.25, -0.2) is 0 Å². The fraction of sp³-hybridized carbons (Fsp3) is 0.385. The van der Waals surface area contributed by atoms with E-state index in [4.69, 9.17) is 17.0 Å². The number of nitrogens with zero attached hydrogens (tertiary/aromatic N) is 1. The summed E-state index contributed by atoms with van der Waals surface area (Å²) in [5, 5.41) is 3.52. The molecule has 0 bridgehead atoms. The number of anilines is 1. The van der Waals surface area contributed by atoms with E-state index in [1.807, 2.05) is 38.1 Å². The van der Waals surface area contributed by atoms with E-state index in [9.17, 15) is 4.79 Å². The molecule has 1 aromatic rings. The highest BCUT2D eigenvalue weighted by Gasteiger charge is 2.29. The molecule has 4 nitrogen and oxygen atoms in total. The Balaban J connectivity index is 2.23. The van der Waals surface area contributed by atoms with Crippen LogP contribution in [0.15, 0.2) is 24.3 Å². The Hall–Kier alpha value is -1.62. The van der Waals surface area contributed by atoms with Crippen LogP contribution in [0.4, 0.5) is 5.69 Å². The summed E-state index contributed by atoms with van der Waals surface area (Å²) in [6.45, 7) is 5.05. The Morgan fingerprint density at radius 2 is 2.11 bits per heavy atom. The standard InChI is InChI=1S/C13H16N2O2S/c1-3-17-11-6-4-10(5-7-11)15-12(16)9(2)8-14-13(15)18/h4-7,9H,3,8H2,1-2H3,(H,14,18)/t9-/m1/s1. The third-order valence-corrected chi connectivity index (χ3v) is 3.14. The Labute approximate surface area is 112 Å². The largest absolute Gasteiger partial charge is 0.494 e. The van der Waals surface area contributed by atoms with Gasteiger partial charge in [0.15, 0.2) is 5.11 Å². The SMILES string of the molecule is CCOc1ccc(N2C(=O)[C@H](C)CNC2=S)cc1. The van der Waals surface area contributed by atoms with Crippen molar-refractivity contribution in [3.05, 3.63) is 24.3 Å². The number of nitrogens with one attached hydrogen (secondary N) is 1. The van der Waals surface area contributed by atoms with Crippen molar-refractivity contribution in [2.75, 3.05) is 18.1 Å². The van der Waals surface area contributed by atoms with Gasteiger partial charge in [0.1, 0.15) is 5.75 Å². The normalized spacial score (nSPS) is 19.7. The monoisotopic (exact) mass is 264 g/mol. The lowest BCUT2D eigenvalue weighted by atomic mass is 10.1. The van der Waals surface area contributed by atoms with Crippen molar-refractivity contribution in [1.82, 2.24) is 5.32 Å². The zero-order chi connectivity index (χ0) is 13.1. The van der Waals surface area contributed by atoms with Gasteiger partial charge in [-0.3, -0.25) is 9.69 Å². The molecule has 1 saturated heterocycles. The van der Waals surface area contributed by atoms with Gasteiger partial charge in [-0.05, 0) is 43.4 Å². The highest BCUT2D eigenvalue weighted by molar-refractivity contribution is 7.80. The summed E-state index contributed by atoms with van der Waals surface area (Å²) in [4.78, 5) is 13.7. The van der Waals surface area contributed by atoms with Gasteiger partial charge in [0.25, 0.3) is 0 Å². The number of benzene rings is 1. The third kappa shape index (κ3) is 2.46. The Morgan fingerprint density at radius 1 is 1.44 bits per heavy atom. The molecule has 1 heterocycles. The number of carbonyl (C=O) groups excluding carboxylic acids is 1. The van der Waals surface area contributed by atoms with Gasteiger partial charge in [-0.15, -0.1) is 0 Å². The Kier molecular flexibility index (Phi) is 3.81. The number of carbonyl (C=O) groups is 1.